The minimum atomic E-state index is 0. The lowest BCUT2D eigenvalue weighted by Gasteiger charge is -2.07. The molecule has 3 aromatic rings. The number of aromatic nitrogens is 1. The Morgan fingerprint density at radius 1 is 1.15 bits per heavy atom. The van der Waals surface area contributed by atoms with E-state index in [0.29, 0.717) is 18.4 Å². The van der Waals surface area contributed by atoms with E-state index in [2.05, 4.69) is 40.4 Å². The molecule has 1 aromatic heterocycles. The predicted molar refractivity (Wildman–Crippen MR) is 120 cm³/mol. The number of benzene rings is 2. The highest BCUT2D eigenvalue weighted by atomic mass is 127. The minimum Gasteiger partial charge on any atom is -0.444 e. The van der Waals surface area contributed by atoms with Crippen LogP contribution in [-0.2, 0) is 19.4 Å². The highest BCUT2D eigenvalue weighted by Crippen LogP contribution is 2.25. The lowest BCUT2D eigenvalue weighted by atomic mass is 10.1. The quantitative estimate of drug-likeness (QED) is 0.327. The number of aliphatic imine (C=N–C) groups is 1. The first kappa shape index (κ1) is 19.4. The molecule has 1 heterocycles. The fraction of sp³-hybridized carbons (Fsp3) is 0.238. The van der Waals surface area contributed by atoms with Crippen LogP contribution in [0, 0.1) is 6.92 Å². The summed E-state index contributed by atoms with van der Waals surface area (Å²) in [6.45, 7) is 2.43. The topological polar surface area (TPSA) is 76.4 Å². The number of fused-ring (bicyclic) bond motifs is 1. The largest absolute Gasteiger partial charge is 0.444 e. The second-order valence-corrected chi connectivity index (χ2v) is 6.67. The Morgan fingerprint density at radius 3 is 2.74 bits per heavy atom. The van der Waals surface area contributed by atoms with Crippen molar-refractivity contribution >= 4 is 35.6 Å². The number of guanidine groups is 1. The highest BCUT2D eigenvalue weighted by molar-refractivity contribution is 14.0. The van der Waals surface area contributed by atoms with E-state index >= 15 is 0 Å². The second kappa shape index (κ2) is 8.56. The first-order chi connectivity index (χ1) is 12.7. The summed E-state index contributed by atoms with van der Waals surface area (Å²) in [4.78, 5) is 8.84. The Kier molecular flexibility index (Phi) is 6.15. The van der Waals surface area contributed by atoms with Gasteiger partial charge in [0.1, 0.15) is 12.0 Å². The SMILES string of the molecule is Cc1ccc(-c2nc(CN=C(N)Nc3ccc4c(c3)CCC4)co2)cc1.I. The number of oxazole rings is 1. The number of hydrogen-bond donors (Lipinski definition) is 2. The molecule has 27 heavy (non-hydrogen) atoms. The molecule has 0 unspecified atom stereocenters. The molecular weight excluding hydrogens is 451 g/mol. The lowest BCUT2D eigenvalue weighted by Crippen LogP contribution is -2.22. The molecule has 0 aliphatic heterocycles. The smallest absolute Gasteiger partial charge is 0.226 e. The summed E-state index contributed by atoms with van der Waals surface area (Å²) in [6.07, 6.45) is 5.18. The summed E-state index contributed by atoms with van der Waals surface area (Å²) in [5, 5.41) is 3.16. The van der Waals surface area contributed by atoms with Crippen molar-refractivity contribution in [1.82, 2.24) is 4.98 Å². The number of halogens is 1. The van der Waals surface area contributed by atoms with Gasteiger partial charge >= 0.3 is 0 Å². The molecule has 1 aliphatic carbocycles. The third-order valence-corrected chi connectivity index (χ3v) is 4.63. The van der Waals surface area contributed by atoms with Crippen molar-refractivity contribution < 1.29 is 4.42 Å². The maximum absolute atomic E-state index is 6.01. The predicted octanol–water partition coefficient (Wildman–Crippen LogP) is 4.68. The molecule has 0 saturated heterocycles. The van der Waals surface area contributed by atoms with Crippen molar-refractivity contribution in [1.29, 1.82) is 0 Å². The molecule has 0 bridgehead atoms. The Bertz CT molecular complexity index is 947. The average Bonchev–Trinajstić information content (AvgIpc) is 3.29. The summed E-state index contributed by atoms with van der Waals surface area (Å²) in [5.74, 6) is 0.975. The van der Waals surface area contributed by atoms with E-state index < -0.39 is 0 Å². The van der Waals surface area contributed by atoms with Crippen LogP contribution in [0.1, 0.15) is 28.8 Å². The van der Waals surface area contributed by atoms with Gasteiger partial charge in [-0.3, -0.25) is 0 Å². The minimum absolute atomic E-state index is 0. The van der Waals surface area contributed by atoms with Gasteiger partial charge in [0.2, 0.25) is 5.89 Å². The molecule has 0 spiro atoms. The van der Waals surface area contributed by atoms with Crippen LogP contribution in [0.2, 0.25) is 0 Å². The van der Waals surface area contributed by atoms with Crippen LogP contribution in [-0.4, -0.2) is 10.9 Å². The number of anilines is 1. The fourth-order valence-electron chi connectivity index (χ4n) is 3.21. The molecule has 140 valence electrons. The van der Waals surface area contributed by atoms with E-state index in [0.717, 1.165) is 23.4 Å². The standard InChI is InChI=1S/C21H22N4O.HI/c1-14-5-7-16(8-6-14)20-24-19(13-26-20)12-23-21(22)25-18-10-9-15-3-2-4-17(15)11-18;/h5-11,13H,2-4,12H2,1H3,(H3,22,23,25);1H. The number of rotatable bonds is 4. The van der Waals surface area contributed by atoms with Crippen molar-refractivity contribution in [3.63, 3.8) is 0 Å². The molecule has 0 atom stereocenters. The van der Waals surface area contributed by atoms with Crippen molar-refractivity contribution in [2.75, 3.05) is 5.32 Å². The highest BCUT2D eigenvalue weighted by Gasteiger charge is 2.11. The van der Waals surface area contributed by atoms with Gasteiger partial charge in [-0.05, 0) is 61.6 Å². The van der Waals surface area contributed by atoms with Crippen molar-refractivity contribution in [2.45, 2.75) is 32.7 Å². The molecule has 2 aromatic carbocycles. The van der Waals surface area contributed by atoms with Gasteiger partial charge in [0.15, 0.2) is 5.96 Å². The summed E-state index contributed by atoms with van der Waals surface area (Å²) in [6, 6.07) is 14.5. The molecule has 0 saturated carbocycles. The van der Waals surface area contributed by atoms with Gasteiger partial charge in [0, 0.05) is 11.3 Å². The van der Waals surface area contributed by atoms with E-state index in [-0.39, 0.29) is 24.0 Å². The number of nitrogens with one attached hydrogen (secondary N) is 1. The van der Waals surface area contributed by atoms with Crippen LogP contribution in [0.4, 0.5) is 5.69 Å². The van der Waals surface area contributed by atoms with Gasteiger partial charge in [0.05, 0.1) is 6.54 Å². The van der Waals surface area contributed by atoms with E-state index in [1.165, 1.54) is 29.5 Å². The zero-order valence-electron chi connectivity index (χ0n) is 15.2. The zero-order chi connectivity index (χ0) is 17.9. The molecule has 1 aliphatic rings. The lowest BCUT2D eigenvalue weighted by molar-refractivity contribution is 0.572. The van der Waals surface area contributed by atoms with Gasteiger partial charge in [-0.25, -0.2) is 9.98 Å². The van der Waals surface area contributed by atoms with Crippen LogP contribution >= 0.6 is 24.0 Å². The Balaban J connectivity index is 0.00000210. The Hall–Kier alpha value is -2.35. The Morgan fingerprint density at radius 2 is 1.93 bits per heavy atom. The van der Waals surface area contributed by atoms with Crippen LogP contribution in [0.3, 0.4) is 0 Å². The van der Waals surface area contributed by atoms with Crippen molar-refractivity contribution in [3.8, 4) is 11.5 Å². The second-order valence-electron chi connectivity index (χ2n) is 6.67. The van der Waals surface area contributed by atoms with Crippen LogP contribution in [0.15, 0.2) is 58.1 Å². The third kappa shape index (κ3) is 4.68. The van der Waals surface area contributed by atoms with Gasteiger partial charge in [0.25, 0.3) is 0 Å². The molecule has 6 heteroatoms. The normalized spacial score (nSPS) is 13.1. The van der Waals surface area contributed by atoms with E-state index in [4.69, 9.17) is 10.2 Å². The summed E-state index contributed by atoms with van der Waals surface area (Å²) in [5.41, 5.74) is 12.7. The van der Waals surface area contributed by atoms with Crippen LogP contribution in [0.5, 0.6) is 0 Å². The number of nitrogens with zero attached hydrogens (tertiary/aromatic N) is 2. The molecule has 0 amide bonds. The average molecular weight is 474 g/mol. The van der Waals surface area contributed by atoms with Crippen molar-refractivity contribution in [2.24, 2.45) is 10.7 Å². The molecule has 0 fully saturated rings. The number of nitrogens with two attached hydrogens (primary N) is 1. The third-order valence-electron chi connectivity index (χ3n) is 4.63. The summed E-state index contributed by atoms with van der Waals surface area (Å²) in [7, 11) is 0. The fourth-order valence-corrected chi connectivity index (χ4v) is 3.21. The van der Waals surface area contributed by atoms with Gasteiger partial charge < -0.3 is 15.5 Å². The molecule has 5 nitrogen and oxygen atoms in total. The first-order valence-corrected chi connectivity index (χ1v) is 8.87. The van der Waals surface area contributed by atoms with E-state index in [1.54, 1.807) is 6.26 Å². The monoisotopic (exact) mass is 474 g/mol. The number of aryl methyl sites for hydroxylation is 3. The molecule has 0 radical (unpaired) electrons. The van der Waals surface area contributed by atoms with Crippen LogP contribution in [0.25, 0.3) is 11.5 Å². The van der Waals surface area contributed by atoms with Crippen molar-refractivity contribution in [3.05, 3.63) is 71.1 Å². The number of hydrogen-bond acceptors (Lipinski definition) is 3. The first-order valence-electron chi connectivity index (χ1n) is 8.87. The molecular formula is C21H23IN4O. The van der Waals surface area contributed by atoms with E-state index in [1.807, 2.05) is 24.3 Å². The maximum Gasteiger partial charge on any atom is 0.226 e. The van der Waals surface area contributed by atoms with Gasteiger partial charge in [-0.15, -0.1) is 24.0 Å². The zero-order valence-corrected chi connectivity index (χ0v) is 17.6. The Labute approximate surface area is 176 Å². The summed E-state index contributed by atoms with van der Waals surface area (Å²) >= 11 is 0. The van der Waals surface area contributed by atoms with Crippen LogP contribution < -0.4 is 11.1 Å². The van der Waals surface area contributed by atoms with E-state index in [9.17, 15) is 0 Å². The maximum atomic E-state index is 6.01. The summed E-state index contributed by atoms with van der Waals surface area (Å²) < 4.78 is 5.55. The molecule has 3 N–H and O–H groups in total. The molecule has 4 rings (SSSR count). The van der Waals surface area contributed by atoms with Gasteiger partial charge in [-0.2, -0.15) is 0 Å². The van der Waals surface area contributed by atoms with Gasteiger partial charge in [-0.1, -0.05) is 23.8 Å².